The molecular weight excluding hydrogens is 338 g/mol. The third-order valence-corrected chi connectivity index (χ3v) is 5.03. The highest BCUT2D eigenvalue weighted by Gasteiger charge is 2.19. The van der Waals surface area contributed by atoms with E-state index in [2.05, 4.69) is 30.4 Å². The topological polar surface area (TPSA) is 47.6 Å². The first-order chi connectivity index (χ1) is 13.2. The maximum absolute atomic E-state index is 12.3. The number of aryl methyl sites for hydroxylation is 2. The summed E-state index contributed by atoms with van der Waals surface area (Å²) in [5, 5.41) is 2.89. The summed E-state index contributed by atoms with van der Waals surface area (Å²) in [6.45, 7) is 4.81. The minimum Gasteiger partial charge on any atom is -0.492 e. The second-order valence-corrected chi connectivity index (χ2v) is 7.00. The SMILES string of the molecule is CCc1ccc(OCCNC(=O)[C@@H](C)Oc2cccc3c2CCCC3)cc1. The van der Waals surface area contributed by atoms with Crippen molar-refractivity contribution in [2.24, 2.45) is 0 Å². The van der Waals surface area contributed by atoms with E-state index in [9.17, 15) is 4.79 Å². The molecule has 2 aromatic carbocycles. The number of carbonyl (C=O) groups excluding carboxylic acids is 1. The van der Waals surface area contributed by atoms with Crippen molar-refractivity contribution in [3.63, 3.8) is 0 Å². The van der Waals surface area contributed by atoms with Crippen molar-refractivity contribution in [1.29, 1.82) is 0 Å². The van der Waals surface area contributed by atoms with Crippen LogP contribution >= 0.6 is 0 Å². The number of benzene rings is 2. The molecule has 1 amide bonds. The van der Waals surface area contributed by atoms with E-state index >= 15 is 0 Å². The molecule has 0 bridgehead atoms. The van der Waals surface area contributed by atoms with E-state index < -0.39 is 6.10 Å². The fraction of sp³-hybridized carbons (Fsp3) is 0.435. The molecule has 3 rings (SSSR count). The lowest BCUT2D eigenvalue weighted by atomic mass is 9.91. The Bertz CT molecular complexity index is 755. The number of hydrogen-bond donors (Lipinski definition) is 1. The molecule has 1 atom stereocenters. The molecule has 1 aliphatic rings. The Hall–Kier alpha value is -2.49. The first-order valence-corrected chi connectivity index (χ1v) is 9.94. The van der Waals surface area contributed by atoms with Crippen LogP contribution in [0.25, 0.3) is 0 Å². The second kappa shape index (κ2) is 9.45. The van der Waals surface area contributed by atoms with Crippen LogP contribution in [0, 0.1) is 0 Å². The van der Waals surface area contributed by atoms with E-state index in [0.717, 1.165) is 30.8 Å². The van der Waals surface area contributed by atoms with Gasteiger partial charge < -0.3 is 14.8 Å². The number of nitrogens with one attached hydrogen (secondary N) is 1. The Balaban J connectivity index is 1.44. The summed E-state index contributed by atoms with van der Waals surface area (Å²) >= 11 is 0. The van der Waals surface area contributed by atoms with E-state index in [-0.39, 0.29) is 5.91 Å². The normalized spacial score (nSPS) is 14.1. The summed E-state index contributed by atoms with van der Waals surface area (Å²) in [5.74, 6) is 1.55. The standard InChI is InChI=1S/C23H29NO3/c1-3-18-11-13-20(14-12-18)26-16-15-24-23(25)17(2)27-22-10-6-8-19-7-4-5-9-21(19)22/h6,8,10-14,17H,3-5,7,9,15-16H2,1-2H3,(H,24,25)/t17-/m1/s1. The van der Waals surface area contributed by atoms with Crippen LogP contribution in [0.4, 0.5) is 0 Å². The van der Waals surface area contributed by atoms with Gasteiger partial charge in [-0.3, -0.25) is 4.79 Å². The first kappa shape index (κ1) is 19.3. The molecule has 0 aliphatic heterocycles. The summed E-state index contributed by atoms with van der Waals surface area (Å²) in [5.41, 5.74) is 3.90. The van der Waals surface area contributed by atoms with Gasteiger partial charge in [0.25, 0.3) is 5.91 Å². The van der Waals surface area contributed by atoms with Crippen LogP contribution < -0.4 is 14.8 Å². The zero-order valence-electron chi connectivity index (χ0n) is 16.3. The largest absolute Gasteiger partial charge is 0.492 e. The quantitative estimate of drug-likeness (QED) is 0.715. The van der Waals surface area contributed by atoms with Crippen molar-refractivity contribution in [1.82, 2.24) is 5.32 Å². The first-order valence-electron chi connectivity index (χ1n) is 9.94. The van der Waals surface area contributed by atoms with Gasteiger partial charge in [0.2, 0.25) is 0 Å². The summed E-state index contributed by atoms with van der Waals surface area (Å²) in [4.78, 5) is 12.3. The Kier molecular flexibility index (Phi) is 6.74. The minimum absolute atomic E-state index is 0.117. The van der Waals surface area contributed by atoms with E-state index in [0.29, 0.717) is 13.2 Å². The minimum atomic E-state index is -0.526. The summed E-state index contributed by atoms with van der Waals surface area (Å²) in [7, 11) is 0. The molecule has 0 saturated carbocycles. The lowest BCUT2D eigenvalue weighted by Gasteiger charge is -2.22. The van der Waals surface area contributed by atoms with Gasteiger partial charge in [0, 0.05) is 0 Å². The van der Waals surface area contributed by atoms with Gasteiger partial charge in [0.1, 0.15) is 18.1 Å². The molecule has 0 unspecified atom stereocenters. The number of rotatable bonds is 8. The highest BCUT2D eigenvalue weighted by Crippen LogP contribution is 2.30. The fourth-order valence-electron chi connectivity index (χ4n) is 3.41. The molecule has 1 N–H and O–H groups in total. The lowest BCUT2D eigenvalue weighted by molar-refractivity contribution is -0.127. The third-order valence-electron chi connectivity index (χ3n) is 5.03. The molecule has 2 aromatic rings. The maximum atomic E-state index is 12.3. The number of fused-ring (bicyclic) bond motifs is 1. The van der Waals surface area contributed by atoms with Gasteiger partial charge in [-0.1, -0.05) is 31.2 Å². The predicted molar refractivity (Wildman–Crippen MR) is 107 cm³/mol. The summed E-state index contributed by atoms with van der Waals surface area (Å²) < 4.78 is 11.6. The smallest absolute Gasteiger partial charge is 0.260 e. The van der Waals surface area contributed by atoms with Crippen LogP contribution in [0.3, 0.4) is 0 Å². The van der Waals surface area contributed by atoms with Crippen LogP contribution in [0.1, 0.15) is 43.4 Å². The van der Waals surface area contributed by atoms with Crippen molar-refractivity contribution < 1.29 is 14.3 Å². The van der Waals surface area contributed by atoms with Gasteiger partial charge in [0.05, 0.1) is 6.54 Å². The molecule has 0 saturated heterocycles. The predicted octanol–water partition coefficient (Wildman–Crippen LogP) is 4.09. The lowest BCUT2D eigenvalue weighted by Crippen LogP contribution is -2.38. The van der Waals surface area contributed by atoms with Gasteiger partial charge in [-0.25, -0.2) is 0 Å². The molecule has 27 heavy (non-hydrogen) atoms. The summed E-state index contributed by atoms with van der Waals surface area (Å²) in [6.07, 6.45) is 5.04. The highest BCUT2D eigenvalue weighted by atomic mass is 16.5. The average Bonchev–Trinajstić information content (AvgIpc) is 2.71. The number of ether oxygens (including phenoxy) is 2. The van der Waals surface area contributed by atoms with Gasteiger partial charge in [-0.15, -0.1) is 0 Å². The van der Waals surface area contributed by atoms with Gasteiger partial charge in [-0.05, 0) is 73.9 Å². The third kappa shape index (κ3) is 5.25. The Morgan fingerprint density at radius 1 is 1.11 bits per heavy atom. The van der Waals surface area contributed by atoms with Gasteiger partial charge >= 0.3 is 0 Å². The van der Waals surface area contributed by atoms with Crippen molar-refractivity contribution in [3.8, 4) is 11.5 Å². The van der Waals surface area contributed by atoms with Crippen molar-refractivity contribution >= 4 is 5.91 Å². The molecule has 1 aliphatic carbocycles. The molecule has 0 spiro atoms. The second-order valence-electron chi connectivity index (χ2n) is 7.00. The van der Waals surface area contributed by atoms with E-state index in [1.807, 2.05) is 24.3 Å². The van der Waals surface area contributed by atoms with Gasteiger partial charge in [0.15, 0.2) is 6.10 Å². The van der Waals surface area contributed by atoms with Crippen LogP contribution in [-0.2, 0) is 24.1 Å². The Morgan fingerprint density at radius 3 is 2.67 bits per heavy atom. The maximum Gasteiger partial charge on any atom is 0.260 e. The van der Waals surface area contributed by atoms with Crippen LogP contribution in [0.15, 0.2) is 42.5 Å². The monoisotopic (exact) mass is 367 g/mol. The van der Waals surface area contributed by atoms with Crippen LogP contribution in [0.5, 0.6) is 11.5 Å². The van der Waals surface area contributed by atoms with E-state index in [4.69, 9.17) is 9.47 Å². The molecule has 0 heterocycles. The summed E-state index contributed by atoms with van der Waals surface area (Å²) in [6, 6.07) is 14.2. The zero-order valence-corrected chi connectivity index (χ0v) is 16.3. The molecule has 144 valence electrons. The van der Waals surface area contributed by atoms with Crippen LogP contribution in [0.2, 0.25) is 0 Å². The molecule has 0 aromatic heterocycles. The van der Waals surface area contributed by atoms with Gasteiger partial charge in [-0.2, -0.15) is 0 Å². The Morgan fingerprint density at radius 2 is 1.89 bits per heavy atom. The van der Waals surface area contributed by atoms with Crippen molar-refractivity contribution in [2.75, 3.05) is 13.2 Å². The Labute approximate surface area is 161 Å². The molecule has 0 fully saturated rings. The molecule has 4 heteroatoms. The van der Waals surface area contributed by atoms with E-state index in [1.54, 1.807) is 6.92 Å². The number of carbonyl (C=O) groups is 1. The average molecular weight is 367 g/mol. The molecule has 4 nitrogen and oxygen atoms in total. The van der Waals surface area contributed by atoms with Crippen LogP contribution in [-0.4, -0.2) is 25.2 Å². The van der Waals surface area contributed by atoms with Crippen molar-refractivity contribution in [3.05, 3.63) is 59.2 Å². The fourth-order valence-corrected chi connectivity index (χ4v) is 3.41. The molecule has 0 radical (unpaired) electrons. The number of hydrogen-bond acceptors (Lipinski definition) is 3. The van der Waals surface area contributed by atoms with Crippen molar-refractivity contribution in [2.45, 2.75) is 52.1 Å². The highest BCUT2D eigenvalue weighted by molar-refractivity contribution is 5.80. The number of amides is 1. The van der Waals surface area contributed by atoms with E-state index in [1.165, 1.54) is 29.5 Å². The molecular formula is C23H29NO3. The zero-order chi connectivity index (χ0) is 19.1.